The molecule has 0 aliphatic carbocycles. The highest BCUT2D eigenvalue weighted by Gasteiger charge is 2.21. The summed E-state index contributed by atoms with van der Waals surface area (Å²) in [6.07, 6.45) is 5.39. The molecule has 0 aromatic carbocycles. The van der Waals surface area contributed by atoms with Crippen LogP contribution in [0.5, 0.6) is 0 Å². The van der Waals surface area contributed by atoms with Crippen LogP contribution in [0, 0.1) is 0 Å². The van der Waals surface area contributed by atoms with Crippen LogP contribution in [-0.4, -0.2) is 30.8 Å². The van der Waals surface area contributed by atoms with Gasteiger partial charge in [-0.05, 0) is 25.7 Å². The first kappa shape index (κ1) is 10.0. The van der Waals surface area contributed by atoms with Crippen molar-refractivity contribution < 1.29 is 4.74 Å². The fraction of sp³-hybridized carbons (Fsp3) is 1.00. The second-order valence-electron chi connectivity index (χ2n) is 3.50. The highest BCUT2D eigenvalue weighted by atomic mass is 16.5. The van der Waals surface area contributed by atoms with Crippen LogP contribution < -0.4 is 0 Å². The lowest BCUT2D eigenvalue weighted by Crippen LogP contribution is -2.35. The molecule has 0 spiro atoms. The quantitative estimate of drug-likeness (QED) is 0.629. The van der Waals surface area contributed by atoms with Crippen LogP contribution >= 0.6 is 0 Å². The van der Waals surface area contributed by atoms with E-state index in [-0.39, 0.29) is 0 Å². The van der Waals surface area contributed by atoms with E-state index in [2.05, 4.69) is 18.7 Å². The maximum Gasteiger partial charge on any atom is 0.110 e. The first-order valence-corrected chi connectivity index (χ1v) is 5.24. The Bertz CT molecular complexity index is 104. The van der Waals surface area contributed by atoms with Crippen LogP contribution in [0.4, 0.5) is 0 Å². The van der Waals surface area contributed by atoms with E-state index in [9.17, 15) is 0 Å². The summed E-state index contributed by atoms with van der Waals surface area (Å²) in [7, 11) is 0. The molecule has 0 amide bonds. The standard InChI is InChI=1S/C10H21NO/c1-3-7-11(8-4-2)10-6-5-9-12-10/h10H,3-9H2,1-2H3. The summed E-state index contributed by atoms with van der Waals surface area (Å²) in [5.74, 6) is 0. The third-order valence-electron chi connectivity index (χ3n) is 2.33. The molecule has 12 heavy (non-hydrogen) atoms. The maximum atomic E-state index is 5.65. The molecule has 1 rings (SSSR count). The molecule has 1 unspecified atom stereocenters. The Hall–Kier alpha value is -0.0800. The van der Waals surface area contributed by atoms with E-state index >= 15 is 0 Å². The van der Waals surface area contributed by atoms with Gasteiger partial charge in [-0.3, -0.25) is 4.90 Å². The number of hydrogen-bond acceptors (Lipinski definition) is 2. The molecule has 1 atom stereocenters. The van der Waals surface area contributed by atoms with Crippen molar-refractivity contribution in [1.82, 2.24) is 4.90 Å². The van der Waals surface area contributed by atoms with E-state index in [1.807, 2.05) is 0 Å². The third-order valence-corrected chi connectivity index (χ3v) is 2.33. The molecule has 0 aromatic rings. The SMILES string of the molecule is CCCN(CCC)C1CCCO1. The van der Waals surface area contributed by atoms with E-state index in [1.54, 1.807) is 0 Å². The van der Waals surface area contributed by atoms with Crippen LogP contribution in [0.15, 0.2) is 0 Å². The van der Waals surface area contributed by atoms with Gasteiger partial charge in [-0.25, -0.2) is 0 Å². The van der Waals surface area contributed by atoms with Gasteiger partial charge in [-0.15, -0.1) is 0 Å². The molecule has 2 heteroatoms. The number of hydrogen-bond donors (Lipinski definition) is 0. The van der Waals surface area contributed by atoms with Crippen molar-refractivity contribution in [3.63, 3.8) is 0 Å². The second-order valence-corrected chi connectivity index (χ2v) is 3.50. The molecule has 0 bridgehead atoms. The minimum atomic E-state index is 0.435. The molecule has 1 aliphatic rings. The van der Waals surface area contributed by atoms with Gasteiger partial charge in [0.05, 0.1) is 0 Å². The van der Waals surface area contributed by atoms with Gasteiger partial charge < -0.3 is 4.74 Å². The zero-order chi connectivity index (χ0) is 8.81. The average Bonchev–Trinajstić information content (AvgIpc) is 2.56. The van der Waals surface area contributed by atoms with E-state index < -0.39 is 0 Å². The largest absolute Gasteiger partial charge is 0.363 e. The molecule has 72 valence electrons. The van der Waals surface area contributed by atoms with Crippen LogP contribution in [0.2, 0.25) is 0 Å². The first-order valence-electron chi connectivity index (χ1n) is 5.24. The van der Waals surface area contributed by atoms with Gasteiger partial charge in [-0.2, -0.15) is 0 Å². The van der Waals surface area contributed by atoms with E-state index in [1.165, 1.54) is 38.8 Å². The number of ether oxygens (including phenoxy) is 1. The molecule has 2 nitrogen and oxygen atoms in total. The van der Waals surface area contributed by atoms with Gasteiger partial charge in [-0.1, -0.05) is 13.8 Å². The van der Waals surface area contributed by atoms with Crippen molar-refractivity contribution in [2.45, 2.75) is 45.8 Å². The normalized spacial score (nSPS) is 23.8. The Morgan fingerprint density at radius 1 is 1.25 bits per heavy atom. The summed E-state index contributed by atoms with van der Waals surface area (Å²) in [4.78, 5) is 2.48. The second kappa shape index (κ2) is 5.55. The molecule has 1 saturated heterocycles. The van der Waals surface area contributed by atoms with Crippen molar-refractivity contribution in [3.8, 4) is 0 Å². The summed E-state index contributed by atoms with van der Waals surface area (Å²) in [5, 5.41) is 0. The monoisotopic (exact) mass is 171 g/mol. The third kappa shape index (κ3) is 2.76. The van der Waals surface area contributed by atoms with Gasteiger partial charge in [0.1, 0.15) is 6.23 Å². The Kier molecular flexibility index (Phi) is 4.62. The fourth-order valence-electron chi connectivity index (χ4n) is 1.82. The van der Waals surface area contributed by atoms with Crippen LogP contribution in [-0.2, 0) is 4.74 Å². The fourth-order valence-corrected chi connectivity index (χ4v) is 1.82. The van der Waals surface area contributed by atoms with Crippen molar-refractivity contribution in [2.24, 2.45) is 0 Å². The minimum Gasteiger partial charge on any atom is -0.363 e. The number of rotatable bonds is 5. The van der Waals surface area contributed by atoms with Crippen molar-refractivity contribution in [2.75, 3.05) is 19.7 Å². The zero-order valence-electron chi connectivity index (χ0n) is 8.38. The summed E-state index contributed by atoms with van der Waals surface area (Å²) in [5.41, 5.74) is 0. The number of nitrogens with zero attached hydrogens (tertiary/aromatic N) is 1. The van der Waals surface area contributed by atoms with E-state index in [0.717, 1.165) is 6.61 Å². The van der Waals surface area contributed by atoms with Gasteiger partial charge in [0.25, 0.3) is 0 Å². The lowest BCUT2D eigenvalue weighted by Gasteiger charge is -2.26. The molecule has 1 aliphatic heterocycles. The van der Waals surface area contributed by atoms with Crippen LogP contribution in [0.25, 0.3) is 0 Å². The zero-order valence-corrected chi connectivity index (χ0v) is 8.38. The molecule has 1 fully saturated rings. The lowest BCUT2D eigenvalue weighted by molar-refractivity contribution is -0.0197. The smallest absolute Gasteiger partial charge is 0.110 e. The Morgan fingerprint density at radius 2 is 1.92 bits per heavy atom. The predicted octanol–water partition coefficient (Wildman–Crippen LogP) is 2.24. The molecule has 0 saturated carbocycles. The van der Waals surface area contributed by atoms with Gasteiger partial charge in [0, 0.05) is 19.7 Å². The van der Waals surface area contributed by atoms with Crippen LogP contribution in [0.3, 0.4) is 0 Å². The lowest BCUT2D eigenvalue weighted by atomic mass is 10.3. The molecule has 0 aromatic heterocycles. The molecule has 0 N–H and O–H groups in total. The summed E-state index contributed by atoms with van der Waals surface area (Å²) in [6.45, 7) is 7.82. The average molecular weight is 171 g/mol. The van der Waals surface area contributed by atoms with E-state index in [4.69, 9.17) is 4.74 Å². The van der Waals surface area contributed by atoms with Gasteiger partial charge >= 0.3 is 0 Å². The molecule has 1 heterocycles. The first-order chi connectivity index (χ1) is 5.88. The van der Waals surface area contributed by atoms with Crippen molar-refractivity contribution in [3.05, 3.63) is 0 Å². The highest BCUT2D eigenvalue weighted by molar-refractivity contribution is 4.67. The topological polar surface area (TPSA) is 12.5 Å². The summed E-state index contributed by atoms with van der Waals surface area (Å²) >= 11 is 0. The van der Waals surface area contributed by atoms with Crippen molar-refractivity contribution in [1.29, 1.82) is 0 Å². The van der Waals surface area contributed by atoms with Gasteiger partial charge in [0.2, 0.25) is 0 Å². The minimum absolute atomic E-state index is 0.435. The molecular weight excluding hydrogens is 150 g/mol. The van der Waals surface area contributed by atoms with Crippen LogP contribution in [0.1, 0.15) is 39.5 Å². The maximum absolute atomic E-state index is 5.65. The Labute approximate surface area is 75.9 Å². The highest BCUT2D eigenvalue weighted by Crippen LogP contribution is 2.16. The molecule has 0 radical (unpaired) electrons. The van der Waals surface area contributed by atoms with E-state index in [0.29, 0.717) is 6.23 Å². The Morgan fingerprint density at radius 3 is 2.33 bits per heavy atom. The predicted molar refractivity (Wildman–Crippen MR) is 51.1 cm³/mol. The van der Waals surface area contributed by atoms with Gasteiger partial charge in [0.15, 0.2) is 0 Å². The Balaban J connectivity index is 2.29. The molecular formula is C10H21NO. The summed E-state index contributed by atoms with van der Waals surface area (Å²) < 4.78 is 5.65. The summed E-state index contributed by atoms with van der Waals surface area (Å²) in [6, 6.07) is 0. The van der Waals surface area contributed by atoms with Crippen molar-refractivity contribution >= 4 is 0 Å².